The van der Waals surface area contributed by atoms with Gasteiger partial charge < -0.3 is 5.32 Å². The predicted octanol–water partition coefficient (Wildman–Crippen LogP) is 2.46. The summed E-state index contributed by atoms with van der Waals surface area (Å²) < 4.78 is 0. The van der Waals surface area contributed by atoms with Gasteiger partial charge in [0.2, 0.25) is 0 Å². The minimum atomic E-state index is -0.757. The molecule has 1 spiro atoms. The maximum atomic E-state index is 12.8. The Morgan fingerprint density at radius 3 is 2.36 bits per heavy atom. The van der Waals surface area contributed by atoms with Crippen LogP contribution in [0.25, 0.3) is 0 Å². The number of nitrogens with one attached hydrogen (secondary N) is 1. The molecule has 1 heterocycles. The van der Waals surface area contributed by atoms with Gasteiger partial charge >= 0.3 is 6.03 Å². The highest BCUT2D eigenvalue weighted by Crippen LogP contribution is 2.32. The third-order valence-electron chi connectivity index (χ3n) is 4.64. The summed E-state index contributed by atoms with van der Waals surface area (Å²) in [4.78, 5) is 26.1. The zero-order valence-electron chi connectivity index (χ0n) is 12.8. The molecule has 0 bridgehead atoms. The van der Waals surface area contributed by atoms with Gasteiger partial charge in [-0.2, -0.15) is 10.5 Å². The molecule has 2 fully saturated rings. The van der Waals surface area contributed by atoms with Crippen LogP contribution >= 0.6 is 0 Å². The molecule has 1 atom stereocenters. The highest BCUT2D eigenvalue weighted by atomic mass is 16.2. The molecule has 1 aliphatic heterocycles. The third-order valence-corrected chi connectivity index (χ3v) is 4.64. The van der Waals surface area contributed by atoms with Crippen LogP contribution in [0.2, 0.25) is 0 Å². The van der Waals surface area contributed by atoms with Crippen molar-refractivity contribution in [1.82, 2.24) is 10.2 Å². The van der Waals surface area contributed by atoms with Crippen LogP contribution in [0, 0.1) is 28.6 Å². The molecular formula is C16H22N4O2. The molecule has 6 heteroatoms. The van der Waals surface area contributed by atoms with Crippen LogP contribution in [0.3, 0.4) is 0 Å². The summed E-state index contributed by atoms with van der Waals surface area (Å²) in [6.45, 7) is 0.0879. The van der Waals surface area contributed by atoms with Crippen molar-refractivity contribution in [2.75, 3.05) is 6.54 Å². The molecule has 1 aliphatic carbocycles. The molecule has 1 saturated carbocycles. The van der Waals surface area contributed by atoms with E-state index in [4.69, 9.17) is 10.5 Å². The van der Waals surface area contributed by atoms with Gasteiger partial charge in [-0.15, -0.1) is 0 Å². The van der Waals surface area contributed by atoms with E-state index in [9.17, 15) is 9.59 Å². The smallest absolute Gasteiger partial charge is 0.323 e. The number of urea groups is 1. The number of amides is 3. The van der Waals surface area contributed by atoms with E-state index in [0.717, 1.165) is 25.7 Å². The molecule has 22 heavy (non-hydrogen) atoms. The molecule has 118 valence electrons. The molecule has 0 aromatic heterocycles. The minimum absolute atomic E-state index is 0.0879. The zero-order chi connectivity index (χ0) is 16.0. The van der Waals surface area contributed by atoms with E-state index >= 15 is 0 Å². The molecule has 2 rings (SSSR count). The number of nitriles is 2. The van der Waals surface area contributed by atoms with Crippen molar-refractivity contribution < 1.29 is 9.59 Å². The molecule has 3 amide bonds. The first-order chi connectivity index (χ1) is 10.6. The standard InChI is InChI=1S/C16H22N4O2/c17-10-6-7-13(11-18)12-20-14(21)16(19-15(20)22)8-4-2-1-3-5-9-16/h13H,1-9,12H2,(H,19,22)/t13-/m0/s1. The van der Waals surface area contributed by atoms with Gasteiger partial charge in [-0.05, 0) is 19.3 Å². The highest BCUT2D eigenvalue weighted by molar-refractivity contribution is 6.07. The van der Waals surface area contributed by atoms with Gasteiger partial charge in [-0.3, -0.25) is 9.69 Å². The van der Waals surface area contributed by atoms with E-state index in [1.54, 1.807) is 0 Å². The van der Waals surface area contributed by atoms with E-state index in [1.165, 1.54) is 11.3 Å². The van der Waals surface area contributed by atoms with Gasteiger partial charge in [0.05, 0.1) is 18.1 Å². The maximum Gasteiger partial charge on any atom is 0.325 e. The van der Waals surface area contributed by atoms with Gasteiger partial charge in [-0.25, -0.2) is 4.79 Å². The first-order valence-electron chi connectivity index (χ1n) is 8.03. The molecule has 1 N–H and O–H groups in total. The fourth-order valence-corrected chi connectivity index (χ4v) is 3.35. The number of carbonyl (C=O) groups excluding carboxylic acids is 2. The number of hydrogen-bond donors (Lipinski definition) is 1. The van der Waals surface area contributed by atoms with Crippen LogP contribution in [0.15, 0.2) is 0 Å². The van der Waals surface area contributed by atoms with Crippen LogP contribution in [0.1, 0.15) is 57.8 Å². The van der Waals surface area contributed by atoms with Gasteiger partial charge in [0.25, 0.3) is 5.91 Å². The molecule has 0 radical (unpaired) electrons. The maximum absolute atomic E-state index is 12.8. The summed E-state index contributed by atoms with van der Waals surface area (Å²) in [6.07, 6.45) is 7.26. The second-order valence-electron chi connectivity index (χ2n) is 6.22. The summed E-state index contributed by atoms with van der Waals surface area (Å²) in [5.41, 5.74) is -0.757. The van der Waals surface area contributed by atoms with Crippen molar-refractivity contribution in [2.45, 2.75) is 63.3 Å². The van der Waals surface area contributed by atoms with Gasteiger partial charge in [0.15, 0.2) is 0 Å². The Balaban J connectivity index is 2.07. The van der Waals surface area contributed by atoms with E-state index in [0.29, 0.717) is 19.3 Å². The Morgan fingerprint density at radius 2 is 1.77 bits per heavy atom. The zero-order valence-corrected chi connectivity index (χ0v) is 12.8. The summed E-state index contributed by atoms with van der Waals surface area (Å²) in [5, 5.41) is 20.6. The first-order valence-corrected chi connectivity index (χ1v) is 8.03. The Hall–Kier alpha value is -2.08. The normalized spacial score (nSPS) is 22.4. The van der Waals surface area contributed by atoms with Crippen molar-refractivity contribution in [3.63, 3.8) is 0 Å². The van der Waals surface area contributed by atoms with Crippen molar-refractivity contribution in [1.29, 1.82) is 10.5 Å². The summed E-state index contributed by atoms with van der Waals surface area (Å²) in [7, 11) is 0. The van der Waals surface area contributed by atoms with Gasteiger partial charge in [0.1, 0.15) is 5.54 Å². The Morgan fingerprint density at radius 1 is 1.14 bits per heavy atom. The number of nitrogens with zero attached hydrogens (tertiary/aromatic N) is 3. The Labute approximate surface area is 131 Å². The summed E-state index contributed by atoms with van der Waals surface area (Å²) in [6, 6.07) is 3.70. The molecule has 0 unspecified atom stereocenters. The van der Waals surface area contributed by atoms with E-state index in [1.807, 2.05) is 6.07 Å². The van der Waals surface area contributed by atoms with Gasteiger partial charge in [0, 0.05) is 13.0 Å². The minimum Gasteiger partial charge on any atom is -0.323 e. The lowest BCUT2D eigenvalue weighted by molar-refractivity contribution is -0.132. The van der Waals surface area contributed by atoms with Crippen LogP contribution in [0.5, 0.6) is 0 Å². The third kappa shape index (κ3) is 3.39. The highest BCUT2D eigenvalue weighted by Gasteiger charge is 2.50. The molecule has 0 aromatic rings. The number of imide groups is 1. The lowest BCUT2D eigenvalue weighted by Crippen LogP contribution is -2.47. The number of rotatable bonds is 4. The molecule has 0 aromatic carbocycles. The lowest BCUT2D eigenvalue weighted by atomic mass is 9.84. The fraction of sp³-hybridized carbons (Fsp3) is 0.750. The second kappa shape index (κ2) is 7.26. The van der Waals surface area contributed by atoms with Crippen LogP contribution in [-0.2, 0) is 4.79 Å². The van der Waals surface area contributed by atoms with Crippen LogP contribution < -0.4 is 5.32 Å². The van der Waals surface area contributed by atoms with E-state index < -0.39 is 11.5 Å². The number of hydrogen-bond acceptors (Lipinski definition) is 4. The fourth-order valence-electron chi connectivity index (χ4n) is 3.35. The molecule has 2 aliphatic rings. The average molecular weight is 302 g/mol. The van der Waals surface area contributed by atoms with E-state index in [-0.39, 0.29) is 24.9 Å². The largest absolute Gasteiger partial charge is 0.325 e. The van der Waals surface area contributed by atoms with Crippen molar-refractivity contribution in [2.24, 2.45) is 5.92 Å². The van der Waals surface area contributed by atoms with Crippen molar-refractivity contribution in [3.05, 3.63) is 0 Å². The Bertz CT molecular complexity index is 509. The lowest BCUT2D eigenvalue weighted by Gasteiger charge is -2.28. The Kier molecular flexibility index (Phi) is 5.38. The summed E-state index contributed by atoms with van der Waals surface area (Å²) in [5.74, 6) is -0.658. The topological polar surface area (TPSA) is 97.0 Å². The molecular weight excluding hydrogens is 280 g/mol. The van der Waals surface area contributed by atoms with Crippen LogP contribution in [-0.4, -0.2) is 28.9 Å². The van der Waals surface area contributed by atoms with E-state index in [2.05, 4.69) is 11.4 Å². The second-order valence-corrected chi connectivity index (χ2v) is 6.22. The quantitative estimate of drug-likeness (QED) is 0.807. The summed E-state index contributed by atoms with van der Waals surface area (Å²) >= 11 is 0. The SMILES string of the molecule is N#CCC[C@@H](C#N)CN1C(=O)NC2(CCCCCCC2)C1=O. The van der Waals surface area contributed by atoms with Crippen LogP contribution in [0.4, 0.5) is 4.79 Å². The monoisotopic (exact) mass is 302 g/mol. The molecule has 1 saturated heterocycles. The number of carbonyl (C=O) groups is 2. The van der Waals surface area contributed by atoms with Crippen molar-refractivity contribution in [3.8, 4) is 12.1 Å². The average Bonchev–Trinajstić information content (AvgIpc) is 2.72. The molecule has 6 nitrogen and oxygen atoms in total. The van der Waals surface area contributed by atoms with Gasteiger partial charge in [-0.1, -0.05) is 32.1 Å². The van der Waals surface area contributed by atoms with Crippen molar-refractivity contribution >= 4 is 11.9 Å². The first kappa shape index (κ1) is 16.3. The predicted molar refractivity (Wildman–Crippen MR) is 79.2 cm³/mol.